The number of hydrogen-bond acceptors (Lipinski definition) is 3. The fourth-order valence-electron chi connectivity index (χ4n) is 1.68. The molecule has 1 amide bonds. The molecule has 2 N–H and O–H groups in total. The second-order valence-corrected chi connectivity index (χ2v) is 5.13. The van der Waals surface area contributed by atoms with Crippen molar-refractivity contribution in [1.29, 1.82) is 0 Å². The number of rotatable bonds is 5. The maximum atomic E-state index is 13.2. The third-order valence-electron chi connectivity index (χ3n) is 2.63. The Morgan fingerprint density at radius 3 is 2.76 bits per heavy atom. The smallest absolute Gasteiger partial charge is 0.356 e. The van der Waals surface area contributed by atoms with Gasteiger partial charge in [0.15, 0.2) is 5.69 Å². The molecular formula is C13H11BrFN3O3. The van der Waals surface area contributed by atoms with E-state index in [1.165, 1.54) is 24.7 Å². The van der Waals surface area contributed by atoms with Gasteiger partial charge in [-0.25, -0.2) is 14.2 Å². The normalized spacial score (nSPS) is 10.4. The third kappa shape index (κ3) is 4.12. The lowest BCUT2D eigenvalue weighted by Crippen LogP contribution is -2.27. The van der Waals surface area contributed by atoms with Gasteiger partial charge in [-0.05, 0) is 18.2 Å². The highest BCUT2D eigenvalue weighted by molar-refractivity contribution is 9.10. The first-order valence-electron chi connectivity index (χ1n) is 5.95. The van der Waals surface area contributed by atoms with Gasteiger partial charge in [0.05, 0.1) is 6.33 Å². The zero-order valence-corrected chi connectivity index (χ0v) is 12.3. The summed E-state index contributed by atoms with van der Waals surface area (Å²) in [5.74, 6) is -2.02. The minimum absolute atomic E-state index is 0.0598. The van der Waals surface area contributed by atoms with Crippen LogP contribution in [-0.2, 0) is 6.54 Å². The molecule has 0 unspecified atom stereocenters. The van der Waals surface area contributed by atoms with Gasteiger partial charge in [-0.15, -0.1) is 0 Å². The van der Waals surface area contributed by atoms with E-state index in [1.807, 2.05) is 0 Å². The van der Waals surface area contributed by atoms with E-state index in [0.717, 1.165) is 6.07 Å². The molecule has 0 fully saturated rings. The van der Waals surface area contributed by atoms with Gasteiger partial charge in [0, 0.05) is 29.3 Å². The molecule has 1 aromatic carbocycles. The molecule has 0 aliphatic heterocycles. The van der Waals surface area contributed by atoms with Gasteiger partial charge in [0.2, 0.25) is 0 Å². The van der Waals surface area contributed by atoms with E-state index >= 15 is 0 Å². The van der Waals surface area contributed by atoms with Crippen LogP contribution in [0.1, 0.15) is 20.8 Å². The fourth-order valence-corrected chi connectivity index (χ4v) is 2.14. The monoisotopic (exact) mass is 355 g/mol. The molecule has 0 atom stereocenters. The second-order valence-electron chi connectivity index (χ2n) is 4.22. The largest absolute Gasteiger partial charge is 0.476 e. The van der Waals surface area contributed by atoms with Crippen molar-refractivity contribution in [2.24, 2.45) is 0 Å². The highest BCUT2D eigenvalue weighted by Crippen LogP contribution is 2.14. The summed E-state index contributed by atoms with van der Waals surface area (Å²) in [5.41, 5.74) is 0.147. The molecule has 110 valence electrons. The molecule has 0 saturated heterocycles. The molecule has 0 saturated carbocycles. The molecule has 2 rings (SSSR count). The molecule has 0 bridgehead atoms. The molecular weight excluding hydrogens is 345 g/mol. The van der Waals surface area contributed by atoms with Crippen LogP contribution < -0.4 is 5.32 Å². The van der Waals surface area contributed by atoms with Crippen LogP contribution in [0.3, 0.4) is 0 Å². The summed E-state index contributed by atoms with van der Waals surface area (Å²) >= 11 is 3.11. The number of hydrogen-bond donors (Lipinski definition) is 2. The van der Waals surface area contributed by atoms with Crippen molar-refractivity contribution in [3.05, 3.63) is 52.3 Å². The van der Waals surface area contributed by atoms with E-state index in [0.29, 0.717) is 11.0 Å². The molecule has 21 heavy (non-hydrogen) atoms. The number of carbonyl (C=O) groups is 2. The summed E-state index contributed by atoms with van der Waals surface area (Å²) in [4.78, 5) is 26.2. The second kappa shape index (κ2) is 6.49. The van der Waals surface area contributed by atoms with Gasteiger partial charge in [0.25, 0.3) is 5.91 Å². The van der Waals surface area contributed by atoms with Crippen LogP contribution in [0.4, 0.5) is 4.39 Å². The van der Waals surface area contributed by atoms with Gasteiger partial charge in [0.1, 0.15) is 5.82 Å². The Balaban J connectivity index is 1.90. The molecule has 2 aromatic rings. The van der Waals surface area contributed by atoms with Crippen molar-refractivity contribution >= 4 is 27.8 Å². The Hall–Kier alpha value is -2.22. The highest BCUT2D eigenvalue weighted by Gasteiger charge is 2.09. The van der Waals surface area contributed by atoms with Gasteiger partial charge < -0.3 is 15.0 Å². The number of benzene rings is 1. The number of imidazole rings is 1. The van der Waals surface area contributed by atoms with Crippen LogP contribution in [0.2, 0.25) is 0 Å². The molecule has 0 radical (unpaired) electrons. The zero-order chi connectivity index (χ0) is 15.4. The lowest BCUT2D eigenvalue weighted by Gasteiger charge is -2.06. The Kier molecular flexibility index (Phi) is 4.69. The van der Waals surface area contributed by atoms with E-state index in [9.17, 15) is 14.0 Å². The Labute approximate surface area is 127 Å². The van der Waals surface area contributed by atoms with E-state index in [4.69, 9.17) is 5.11 Å². The first kappa shape index (κ1) is 15.2. The van der Waals surface area contributed by atoms with Crippen LogP contribution in [0.5, 0.6) is 0 Å². The fraction of sp³-hybridized carbons (Fsp3) is 0.154. The average Bonchev–Trinajstić information content (AvgIpc) is 2.86. The maximum Gasteiger partial charge on any atom is 0.356 e. The highest BCUT2D eigenvalue weighted by atomic mass is 79.9. The number of nitrogens with one attached hydrogen (secondary N) is 1. The first-order chi connectivity index (χ1) is 9.95. The number of nitrogens with zero attached hydrogens (tertiary/aromatic N) is 2. The molecule has 0 aliphatic carbocycles. The van der Waals surface area contributed by atoms with Crippen molar-refractivity contribution in [3.8, 4) is 0 Å². The van der Waals surface area contributed by atoms with Crippen molar-refractivity contribution < 1.29 is 19.1 Å². The molecule has 1 aromatic heterocycles. The maximum absolute atomic E-state index is 13.2. The Morgan fingerprint density at radius 1 is 1.38 bits per heavy atom. The van der Waals surface area contributed by atoms with Gasteiger partial charge >= 0.3 is 5.97 Å². The molecule has 0 spiro atoms. The van der Waals surface area contributed by atoms with E-state index in [-0.39, 0.29) is 17.8 Å². The topological polar surface area (TPSA) is 84.2 Å². The van der Waals surface area contributed by atoms with Gasteiger partial charge in [-0.3, -0.25) is 4.79 Å². The quantitative estimate of drug-likeness (QED) is 0.857. The number of aromatic nitrogens is 2. The summed E-state index contributed by atoms with van der Waals surface area (Å²) in [6.45, 7) is 0.630. The molecule has 0 aliphatic rings. The van der Waals surface area contributed by atoms with E-state index in [2.05, 4.69) is 26.2 Å². The summed E-state index contributed by atoms with van der Waals surface area (Å²) in [6, 6.07) is 3.91. The zero-order valence-electron chi connectivity index (χ0n) is 10.7. The van der Waals surface area contributed by atoms with E-state index < -0.39 is 17.7 Å². The van der Waals surface area contributed by atoms with Crippen molar-refractivity contribution in [2.75, 3.05) is 6.54 Å². The molecule has 6 nitrogen and oxygen atoms in total. The van der Waals surface area contributed by atoms with Crippen molar-refractivity contribution in [3.63, 3.8) is 0 Å². The van der Waals surface area contributed by atoms with E-state index in [1.54, 1.807) is 4.57 Å². The van der Waals surface area contributed by atoms with Crippen molar-refractivity contribution in [1.82, 2.24) is 14.9 Å². The van der Waals surface area contributed by atoms with Crippen LogP contribution in [-0.4, -0.2) is 33.1 Å². The number of amides is 1. The molecule has 8 heteroatoms. The average molecular weight is 356 g/mol. The lowest BCUT2D eigenvalue weighted by atomic mass is 10.2. The first-order valence-corrected chi connectivity index (χ1v) is 6.74. The summed E-state index contributed by atoms with van der Waals surface area (Å²) in [7, 11) is 0. The number of carboxylic acids is 1. The van der Waals surface area contributed by atoms with Crippen LogP contribution in [0.15, 0.2) is 35.2 Å². The number of aromatic carboxylic acids is 1. The van der Waals surface area contributed by atoms with Gasteiger partial charge in [-0.1, -0.05) is 15.9 Å². The van der Waals surface area contributed by atoms with Crippen molar-refractivity contribution in [2.45, 2.75) is 6.54 Å². The predicted molar refractivity (Wildman–Crippen MR) is 75.6 cm³/mol. The summed E-state index contributed by atoms with van der Waals surface area (Å²) in [6.07, 6.45) is 2.74. The standard InChI is InChI=1S/C13H11BrFN3O3/c14-9-3-8(4-10(15)5-9)12(19)16-1-2-18-6-11(13(20)21)17-7-18/h3-7H,1-2H2,(H,16,19)(H,20,21). The Morgan fingerprint density at radius 2 is 2.14 bits per heavy atom. The Bertz CT molecular complexity index is 667. The number of carboxylic acid groups (broad SMARTS) is 1. The SMILES string of the molecule is O=C(NCCn1cnc(C(=O)O)c1)c1cc(F)cc(Br)c1. The molecule has 1 heterocycles. The number of halogens is 2. The van der Waals surface area contributed by atoms with Gasteiger partial charge in [-0.2, -0.15) is 0 Å². The lowest BCUT2D eigenvalue weighted by molar-refractivity contribution is 0.0690. The third-order valence-corrected chi connectivity index (χ3v) is 3.09. The predicted octanol–water partition coefficient (Wildman–Crippen LogP) is 1.91. The number of carbonyl (C=O) groups excluding carboxylic acids is 1. The minimum atomic E-state index is -1.11. The minimum Gasteiger partial charge on any atom is -0.476 e. The summed E-state index contributed by atoms with van der Waals surface area (Å²) < 4.78 is 15.2. The summed E-state index contributed by atoms with van der Waals surface area (Å²) in [5, 5.41) is 11.3. The van der Waals surface area contributed by atoms with Crippen LogP contribution >= 0.6 is 15.9 Å². The van der Waals surface area contributed by atoms with Crippen LogP contribution in [0, 0.1) is 5.82 Å². The van der Waals surface area contributed by atoms with Crippen LogP contribution in [0.25, 0.3) is 0 Å².